The van der Waals surface area contributed by atoms with E-state index >= 15 is 0 Å². The van der Waals surface area contributed by atoms with Gasteiger partial charge in [-0.15, -0.1) is 0 Å². The average molecular weight is 386 g/mol. The van der Waals surface area contributed by atoms with E-state index in [2.05, 4.69) is 15.5 Å². The molecule has 2 heterocycles. The highest BCUT2D eigenvalue weighted by atomic mass is 16.6. The molecule has 2 N–H and O–H groups in total. The number of aromatic nitrogens is 2. The summed E-state index contributed by atoms with van der Waals surface area (Å²) < 4.78 is 10.7. The number of nitrogens with one attached hydrogen (secondary N) is 2. The largest absolute Gasteiger partial charge is 0.497 e. The van der Waals surface area contributed by atoms with E-state index in [9.17, 15) is 9.59 Å². The van der Waals surface area contributed by atoms with Crippen molar-refractivity contribution >= 4 is 17.7 Å². The average Bonchev–Trinajstić information content (AvgIpc) is 3.06. The predicted molar refractivity (Wildman–Crippen MR) is 105 cm³/mol. The zero-order valence-corrected chi connectivity index (χ0v) is 16.8. The smallest absolute Gasteiger partial charge is 0.408 e. The van der Waals surface area contributed by atoms with Crippen molar-refractivity contribution in [1.29, 1.82) is 0 Å². The fourth-order valence-electron chi connectivity index (χ4n) is 3.20. The molecule has 0 radical (unpaired) electrons. The Bertz CT molecular complexity index is 885. The first-order valence-electron chi connectivity index (χ1n) is 9.19. The summed E-state index contributed by atoms with van der Waals surface area (Å²) in [6.45, 7) is 7.74. The van der Waals surface area contributed by atoms with Crippen molar-refractivity contribution in [2.45, 2.75) is 45.8 Å². The second kappa shape index (κ2) is 7.53. The van der Waals surface area contributed by atoms with Gasteiger partial charge >= 0.3 is 6.09 Å². The van der Waals surface area contributed by atoms with Crippen LogP contribution in [-0.2, 0) is 4.74 Å². The number of rotatable bonds is 3. The minimum absolute atomic E-state index is 0.188. The minimum atomic E-state index is -0.588. The van der Waals surface area contributed by atoms with E-state index in [0.717, 1.165) is 16.9 Å². The van der Waals surface area contributed by atoms with Crippen molar-refractivity contribution in [2.24, 2.45) is 0 Å². The van der Waals surface area contributed by atoms with Gasteiger partial charge in [0.2, 0.25) is 0 Å². The van der Waals surface area contributed by atoms with Gasteiger partial charge in [0.15, 0.2) is 5.69 Å². The van der Waals surface area contributed by atoms with Crippen molar-refractivity contribution in [3.8, 4) is 5.75 Å². The van der Waals surface area contributed by atoms with E-state index in [4.69, 9.17) is 9.47 Å². The van der Waals surface area contributed by atoms with E-state index in [0.29, 0.717) is 24.4 Å². The molecule has 8 nitrogen and oxygen atoms in total. The van der Waals surface area contributed by atoms with E-state index in [1.54, 1.807) is 24.1 Å². The number of carbonyl (C=O) groups is 2. The minimum Gasteiger partial charge on any atom is -0.497 e. The molecule has 1 aromatic carbocycles. The summed E-state index contributed by atoms with van der Waals surface area (Å²) >= 11 is 0. The molecule has 1 aromatic heterocycles. The highest BCUT2D eigenvalue weighted by molar-refractivity contribution is 6.05. The maximum Gasteiger partial charge on any atom is 0.408 e. The molecule has 28 heavy (non-hydrogen) atoms. The van der Waals surface area contributed by atoms with Crippen molar-refractivity contribution in [3.63, 3.8) is 0 Å². The fraction of sp³-hybridized carbons (Fsp3) is 0.450. The topological polar surface area (TPSA) is 96.5 Å². The lowest BCUT2D eigenvalue weighted by Crippen LogP contribution is -2.42. The molecule has 1 aliphatic heterocycles. The van der Waals surface area contributed by atoms with Crippen molar-refractivity contribution < 1.29 is 19.1 Å². The first-order valence-corrected chi connectivity index (χ1v) is 9.19. The van der Waals surface area contributed by atoms with Crippen LogP contribution < -0.4 is 15.0 Å². The molecular weight excluding hydrogens is 360 g/mol. The summed E-state index contributed by atoms with van der Waals surface area (Å²) in [5.74, 6) is 0.464. The summed E-state index contributed by atoms with van der Waals surface area (Å²) in [5, 5.41) is 9.78. The number of hydrogen-bond donors (Lipinski definition) is 2. The first-order chi connectivity index (χ1) is 13.2. The third-order valence-corrected chi connectivity index (χ3v) is 4.40. The molecule has 0 spiro atoms. The van der Waals surface area contributed by atoms with Gasteiger partial charge in [-0.2, -0.15) is 5.10 Å². The van der Waals surface area contributed by atoms with Crippen LogP contribution in [0.15, 0.2) is 24.3 Å². The number of aromatic amines is 1. The van der Waals surface area contributed by atoms with Crippen LogP contribution in [0.5, 0.6) is 5.75 Å². The third kappa shape index (κ3) is 4.27. The number of anilines is 1. The molecule has 2 aromatic rings. The molecule has 150 valence electrons. The second-order valence-electron chi connectivity index (χ2n) is 7.81. The first kappa shape index (κ1) is 19.7. The number of alkyl carbamates (subject to hydrolysis) is 1. The maximum absolute atomic E-state index is 12.9. The van der Waals surface area contributed by atoms with Gasteiger partial charge in [0.1, 0.15) is 11.4 Å². The van der Waals surface area contributed by atoms with Gasteiger partial charge in [0.05, 0.1) is 13.2 Å². The number of nitrogens with zero attached hydrogens (tertiary/aromatic N) is 2. The Hall–Kier alpha value is -3.03. The Morgan fingerprint density at radius 3 is 2.64 bits per heavy atom. The van der Waals surface area contributed by atoms with Crippen LogP contribution in [0.2, 0.25) is 0 Å². The van der Waals surface area contributed by atoms with Gasteiger partial charge in [0, 0.05) is 23.5 Å². The van der Waals surface area contributed by atoms with Gasteiger partial charge < -0.3 is 19.7 Å². The lowest BCUT2D eigenvalue weighted by atomic mass is 9.95. The van der Waals surface area contributed by atoms with Crippen LogP contribution >= 0.6 is 0 Å². The fourth-order valence-corrected chi connectivity index (χ4v) is 3.20. The van der Waals surface area contributed by atoms with Crippen LogP contribution in [0.3, 0.4) is 0 Å². The van der Waals surface area contributed by atoms with Crippen LogP contribution in [0.25, 0.3) is 0 Å². The van der Waals surface area contributed by atoms with E-state index in [-0.39, 0.29) is 11.9 Å². The van der Waals surface area contributed by atoms with Crippen LogP contribution in [-0.4, -0.2) is 41.5 Å². The number of ether oxygens (including phenoxy) is 2. The second-order valence-corrected chi connectivity index (χ2v) is 7.81. The zero-order chi connectivity index (χ0) is 20.5. The Morgan fingerprint density at radius 1 is 1.29 bits per heavy atom. The summed E-state index contributed by atoms with van der Waals surface area (Å²) in [6, 6.07) is 6.90. The Labute approximate surface area is 164 Å². The molecule has 0 saturated carbocycles. The SMILES string of the molecule is COc1ccc2c(c1)[C@H](NC(=O)OC(C)(C)C)CCN2C(=O)c1cc(C)[nH]n1. The van der Waals surface area contributed by atoms with E-state index in [1.807, 2.05) is 39.8 Å². The quantitative estimate of drug-likeness (QED) is 0.843. The maximum atomic E-state index is 12.9. The lowest BCUT2D eigenvalue weighted by Gasteiger charge is -2.35. The predicted octanol–water partition coefficient (Wildman–Crippen LogP) is 3.34. The third-order valence-electron chi connectivity index (χ3n) is 4.40. The number of H-pyrrole nitrogens is 1. The van der Waals surface area contributed by atoms with Gasteiger partial charge in [-0.1, -0.05) is 0 Å². The van der Waals surface area contributed by atoms with Crippen LogP contribution in [0.1, 0.15) is 55.0 Å². The standard InChI is InChI=1S/C20H26N4O4/c1-12-10-16(23-22-12)18(25)24-9-8-15(21-19(26)28-20(2,3)4)14-11-13(27-5)6-7-17(14)24/h6-7,10-11,15H,8-9H2,1-5H3,(H,21,26)(H,22,23)/t15-/m1/s1. The summed E-state index contributed by atoms with van der Waals surface area (Å²) in [4.78, 5) is 26.9. The van der Waals surface area contributed by atoms with Crippen LogP contribution in [0.4, 0.5) is 10.5 Å². The molecular formula is C20H26N4O4. The number of benzene rings is 1. The molecule has 3 rings (SSSR count). The molecule has 0 saturated heterocycles. The monoisotopic (exact) mass is 386 g/mol. The van der Waals surface area contributed by atoms with E-state index < -0.39 is 11.7 Å². The summed E-state index contributed by atoms with van der Waals surface area (Å²) in [7, 11) is 1.58. The van der Waals surface area contributed by atoms with Gasteiger partial charge in [-0.25, -0.2) is 4.79 Å². The van der Waals surface area contributed by atoms with E-state index in [1.165, 1.54) is 0 Å². The van der Waals surface area contributed by atoms with Gasteiger partial charge in [-0.05, 0) is 58.4 Å². The number of carbonyl (C=O) groups excluding carboxylic acids is 2. The Balaban J connectivity index is 1.90. The number of amides is 2. The number of methoxy groups -OCH3 is 1. The molecule has 1 aliphatic rings. The summed E-state index contributed by atoms with van der Waals surface area (Å²) in [5.41, 5.74) is 2.11. The molecule has 0 fully saturated rings. The van der Waals surface area contributed by atoms with Gasteiger partial charge in [-0.3, -0.25) is 9.89 Å². The van der Waals surface area contributed by atoms with Crippen molar-refractivity contribution in [3.05, 3.63) is 41.2 Å². The van der Waals surface area contributed by atoms with Crippen molar-refractivity contribution in [1.82, 2.24) is 15.5 Å². The number of fused-ring (bicyclic) bond motifs is 1. The van der Waals surface area contributed by atoms with Crippen LogP contribution in [0, 0.1) is 6.92 Å². The number of hydrogen-bond acceptors (Lipinski definition) is 5. The molecule has 8 heteroatoms. The Kier molecular flexibility index (Phi) is 5.31. The van der Waals surface area contributed by atoms with Gasteiger partial charge in [0.25, 0.3) is 5.91 Å². The lowest BCUT2D eigenvalue weighted by molar-refractivity contribution is 0.0500. The highest BCUT2D eigenvalue weighted by Gasteiger charge is 2.32. The molecule has 2 amide bonds. The zero-order valence-electron chi connectivity index (χ0n) is 16.8. The molecule has 0 bridgehead atoms. The Morgan fingerprint density at radius 2 is 2.04 bits per heavy atom. The normalized spacial score (nSPS) is 16.3. The number of aryl methyl sites for hydroxylation is 1. The molecule has 0 aliphatic carbocycles. The highest BCUT2D eigenvalue weighted by Crippen LogP contribution is 2.37. The summed E-state index contributed by atoms with van der Waals surface area (Å²) in [6.07, 6.45) is 0.0585. The molecule has 1 atom stereocenters. The van der Waals surface area contributed by atoms with Crippen molar-refractivity contribution in [2.75, 3.05) is 18.6 Å². The molecule has 0 unspecified atom stereocenters.